The van der Waals surface area contributed by atoms with Crippen molar-refractivity contribution in [3.05, 3.63) is 23.8 Å². The summed E-state index contributed by atoms with van der Waals surface area (Å²) in [6, 6.07) is 0. The van der Waals surface area contributed by atoms with Gasteiger partial charge in [-0.3, -0.25) is 0 Å². The number of hydrogen-bond acceptors (Lipinski definition) is 2. The SMILES string of the molecule is CN(CC1CC1)CC(C1=CCC(CO)C=C1)C1(C)CCCCC1. The molecule has 0 heterocycles. The van der Waals surface area contributed by atoms with E-state index in [0.717, 1.165) is 12.3 Å². The van der Waals surface area contributed by atoms with Crippen LogP contribution >= 0.6 is 0 Å². The lowest BCUT2D eigenvalue weighted by atomic mass is 9.64. The number of nitrogens with zero attached hydrogens (tertiary/aromatic N) is 1. The van der Waals surface area contributed by atoms with Crippen molar-refractivity contribution >= 4 is 0 Å². The molecule has 2 unspecified atom stereocenters. The number of rotatable bonds is 7. The highest BCUT2D eigenvalue weighted by Crippen LogP contribution is 2.46. The van der Waals surface area contributed by atoms with Crippen LogP contribution in [0.5, 0.6) is 0 Å². The van der Waals surface area contributed by atoms with Gasteiger partial charge in [0.05, 0.1) is 0 Å². The molecular formula is C21H35NO. The lowest BCUT2D eigenvalue weighted by Crippen LogP contribution is -2.39. The van der Waals surface area contributed by atoms with Crippen molar-refractivity contribution in [3.63, 3.8) is 0 Å². The van der Waals surface area contributed by atoms with E-state index < -0.39 is 0 Å². The van der Waals surface area contributed by atoms with Crippen molar-refractivity contribution in [1.82, 2.24) is 4.90 Å². The van der Waals surface area contributed by atoms with Crippen molar-refractivity contribution in [3.8, 4) is 0 Å². The van der Waals surface area contributed by atoms with Gasteiger partial charge < -0.3 is 10.0 Å². The molecule has 2 fully saturated rings. The summed E-state index contributed by atoms with van der Waals surface area (Å²) in [4.78, 5) is 2.59. The summed E-state index contributed by atoms with van der Waals surface area (Å²) in [5.41, 5.74) is 2.00. The molecule has 0 aromatic carbocycles. The van der Waals surface area contributed by atoms with Gasteiger partial charge in [-0.25, -0.2) is 0 Å². The first-order chi connectivity index (χ1) is 11.1. The largest absolute Gasteiger partial charge is 0.396 e. The number of allylic oxidation sites excluding steroid dienone is 2. The average Bonchev–Trinajstić information content (AvgIpc) is 3.37. The Balaban J connectivity index is 1.72. The predicted molar refractivity (Wildman–Crippen MR) is 97.3 cm³/mol. The summed E-state index contributed by atoms with van der Waals surface area (Å²) in [6.07, 6.45) is 17.9. The van der Waals surface area contributed by atoms with Crippen molar-refractivity contribution < 1.29 is 5.11 Å². The van der Waals surface area contributed by atoms with E-state index in [9.17, 15) is 5.11 Å². The third kappa shape index (κ3) is 4.48. The van der Waals surface area contributed by atoms with Crippen molar-refractivity contribution in [2.45, 2.75) is 58.3 Å². The molecule has 3 rings (SSSR count). The normalized spacial score (nSPS) is 28.7. The predicted octanol–water partition coefficient (Wildman–Crippen LogP) is 4.41. The molecule has 0 spiro atoms. The second-order valence-electron chi connectivity index (χ2n) is 8.67. The fraction of sp³-hybridized carbons (Fsp3) is 0.810. The van der Waals surface area contributed by atoms with Gasteiger partial charge in [0.2, 0.25) is 0 Å². The molecule has 2 nitrogen and oxygen atoms in total. The minimum atomic E-state index is 0.282. The summed E-state index contributed by atoms with van der Waals surface area (Å²) in [6.45, 7) is 5.30. The molecule has 1 N–H and O–H groups in total. The zero-order valence-corrected chi connectivity index (χ0v) is 15.1. The molecule has 0 saturated heterocycles. The minimum absolute atomic E-state index is 0.282. The van der Waals surface area contributed by atoms with E-state index in [1.165, 1.54) is 58.0 Å². The van der Waals surface area contributed by atoms with Gasteiger partial charge in [0.1, 0.15) is 0 Å². The van der Waals surface area contributed by atoms with Crippen LogP contribution in [0.2, 0.25) is 0 Å². The van der Waals surface area contributed by atoms with Crippen LogP contribution < -0.4 is 0 Å². The van der Waals surface area contributed by atoms with Crippen LogP contribution in [0.1, 0.15) is 58.3 Å². The van der Waals surface area contributed by atoms with E-state index in [2.05, 4.69) is 37.1 Å². The molecule has 3 aliphatic rings. The van der Waals surface area contributed by atoms with E-state index in [1.54, 1.807) is 5.57 Å². The lowest BCUT2D eigenvalue weighted by molar-refractivity contribution is 0.111. The van der Waals surface area contributed by atoms with Crippen molar-refractivity contribution in [2.24, 2.45) is 23.2 Å². The smallest absolute Gasteiger partial charge is 0.0496 e. The quantitative estimate of drug-likeness (QED) is 0.752. The molecule has 3 aliphatic carbocycles. The summed E-state index contributed by atoms with van der Waals surface area (Å²) in [5, 5.41) is 9.38. The Labute approximate surface area is 142 Å². The van der Waals surface area contributed by atoms with Crippen LogP contribution in [0.25, 0.3) is 0 Å². The van der Waals surface area contributed by atoms with Crippen LogP contribution in [0.3, 0.4) is 0 Å². The molecule has 2 heteroatoms. The van der Waals surface area contributed by atoms with Gasteiger partial charge in [-0.15, -0.1) is 0 Å². The Morgan fingerprint density at radius 3 is 2.57 bits per heavy atom. The molecule has 0 amide bonds. The Bertz CT molecular complexity index is 443. The van der Waals surface area contributed by atoms with Crippen molar-refractivity contribution in [2.75, 3.05) is 26.7 Å². The maximum absolute atomic E-state index is 9.38. The first kappa shape index (κ1) is 17.2. The fourth-order valence-corrected chi connectivity index (χ4v) is 4.64. The Kier molecular flexibility index (Phi) is 5.64. The van der Waals surface area contributed by atoms with Gasteiger partial charge in [-0.2, -0.15) is 0 Å². The zero-order valence-electron chi connectivity index (χ0n) is 15.1. The Morgan fingerprint density at radius 1 is 1.26 bits per heavy atom. The second-order valence-corrected chi connectivity index (χ2v) is 8.67. The number of aliphatic hydroxyl groups excluding tert-OH is 1. The molecule has 0 bridgehead atoms. The van der Waals surface area contributed by atoms with Gasteiger partial charge in [0, 0.05) is 31.5 Å². The van der Waals surface area contributed by atoms with Gasteiger partial charge in [0.15, 0.2) is 0 Å². The summed E-state index contributed by atoms with van der Waals surface area (Å²) >= 11 is 0. The van der Waals surface area contributed by atoms with Crippen LogP contribution in [-0.2, 0) is 0 Å². The third-order valence-electron chi connectivity index (χ3n) is 6.45. The first-order valence-corrected chi connectivity index (χ1v) is 9.78. The molecule has 2 atom stereocenters. The second kappa shape index (κ2) is 7.53. The van der Waals surface area contributed by atoms with Crippen LogP contribution in [0, 0.1) is 23.2 Å². The van der Waals surface area contributed by atoms with Gasteiger partial charge >= 0.3 is 0 Å². The highest BCUT2D eigenvalue weighted by molar-refractivity contribution is 5.28. The van der Waals surface area contributed by atoms with E-state index in [1.807, 2.05) is 0 Å². The summed E-state index contributed by atoms with van der Waals surface area (Å²) in [5.74, 6) is 1.96. The average molecular weight is 318 g/mol. The highest BCUT2D eigenvalue weighted by atomic mass is 16.3. The third-order valence-corrected chi connectivity index (χ3v) is 6.45. The van der Waals surface area contributed by atoms with E-state index in [-0.39, 0.29) is 6.61 Å². The fourth-order valence-electron chi connectivity index (χ4n) is 4.64. The molecule has 0 aromatic rings. The number of aliphatic hydroxyl groups is 1. The monoisotopic (exact) mass is 317 g/mol. The maximum atomic E-state index is 9.38. The highest BCUT2D eigenvalue weighted by Gasteiger charge is 2.38. The molecule has 130 valence electrons. The van der Waals surface area contributed by atoms with Crippen LogP contribution in [0.4, 0.5) is 0 Å². The van der Waals surface area contributed by atoms with E-state index in [4.69, 9.17) is 0 Å². The van der Waals surface area contributed by atoms with Crippen molar-refractivity contribution in [1.29, 1.82) is 0 Å². The van der Waals surface area contributed by atoms with Gasteiger partial charge in [-0.1, -0.05) is 44.4 Å². The molecule has 2 saturated carbocycles. The van der Waals surface area contributed by atoms with E-state index >= 15 is 0 Å². The molecule has 0 aromatic heterocycles. The zero-order chi connectivity index (χ0) is 16.3. The standard InChI is InChI=1S/C21H35NO/c1-21(12-4-3-5-13-21)20(15-22(2)14-17-6-7-17)19-10-8-18(16-23)9-11-19/h8,10-11,17-18,20,23H,3-7,9,12-16H2,1-2H3. The molecule has 0 aliphatic heterocycles. The van der Waals surface area contributed by atoms with Crippen LogP contribution in [-0.4, -0.2) is 36.8 Å². The topological polar surface area (TPSA) is 23.5 Å². The summed E-state index contributed by atoms with van der Waals surface area (Å²) < 4.78 is 0. The Morgan fingerprint density at radius 2 is 2.00 bits per heavy atom. The van der Waals surface area contributed by atoms with Crippen LogP contribution in [0.15, 0.2) is 23.8 Å². The first-order valence-electron chi connectivity index (χ1n) is 9.78. The Hall–Kier alpha value is -0.600. The summed E-state index contributed by atoms with van der Waals surface area (Å²) in [7, 11) is 2.32. The molecule has 0 radical (unpaired) electrons. The maximum Gasteiger partial charge on any atom is 0.0496 e. The van der Waals surface area contributed by atoms with Gasteiger partial charge in [-0.05, 0) is 56.1 Å². The lowest BCUT2D eigenvalue weighted by Gasteiger charge is -2.44. The molecule has 23 heavy (non-hydrogen) atoms. The van der Waals surface area contributed by atoms with Gasteiger partial charge in [0.25, 0.3) is 0 Å². The van der Waals surface area contributed by atoms with E-state index in [0.29, 0.717) is 17.3 Å². The molecular weight excluding hydrogens is 282 g/mol. The number of hydrogen-bond donors (Lipinski definition) is 1. The minimum Gasteiger partial charge on any atom is -0.396 e.